The summed E-state index contributed by atoms with van der Waals surface area (Å²) in [6.07, 6.45) is -0.321. The molecule has 136 valence electrons. The van der Waals surface area contributed by atoms with E-state index < -0.39 is 22.2 Å². The van der Waals surface area contributed by atoms with Crippen molar-refractivity contribution < 1.29 is 13.5 Å². The summed E-state index contributed by atoms with van der Waals surface area (Å²) in [7, 11) is -3.77. The van der Waals surface area contributed by atoms with E-state index >= 15 is 0 Å². The van der Waals surface area contributed by atoms with Crippen molar-refractivity contribution in [1.82, 2.24) is 14.9 Å². The Morgan fingerprint density at radius 2 is 2.04 bits per heavy atom. The number of aryl methyl sites for hydroxylation is 2. The van der Waals surface area contributed by atoms with Crippen LogP contribution in [0.4, 0.5) is 0 Å². The standard InChI is InChI=1S/C18H19N3O3S2/c1-10-7-14(20-19-10)16-9-17(11(2)25-16)26(23,24)21-18-13-6-4-3-5-12(13)8-15(18)22/h3-7,9,15,18,21-22H,8H2,1-2H3,(H,19,20)/t15-,18-/m1/s1. The predicted molar refractivity (Wildman–Crippen MR) is 101 cm³/mol. The Hall–Kier alpha value is -2.00. The fraction of sp³-hybridized carbons (Fsp3) is 0.278. The number of hydrogen-bond acceptors (Lipinski definition) is 5. The molecule has 0 unspecified atom stereocenters. The van der Waals surface area contributed by atoms with E-state index in [1.54, 1.807) is 13.0 Å². The Labute approximate surface area is 156 Å². The summed E-state index contributed by atoms with van der Waals surface area (Å²) in [4.78, 5) is 1.71. The lowest BCUT2D eigenvalue weighted by molar-refractivity contribution is 0.151. The molecule has 0 amide bonds. The van der Waals surface area contributed by atoms with E-state index in [1.807, 2.05) is 37.3 Å². The molecule has 2 aromatic heterocycles. The zero-order valence-electron chi connectivity index (χ0n) is 14.4. The van der Waals surface area contributed by atoms with Gasteiger partial charge in [-0.15, -0.1) is 11.3 Å². The smallest absolute Gasteiger partial charge is 0.242 e. The van der Waals surface area contributed by atoms with E-state index in [0.29, 0.717) is 11.3 Å². The number of H-pyrrole nitrogens is 1. The number of aromatic nitrogens is 2. The number of nitrogens with zero attached hydrogens (tertiary/aromatic N) is 1. The second kappa shape index (κ2) is 6.31. The van der Waals surface area contributed by atoms with E-state index in [4.69, 9.17) is 0 Å². The Kier molecular flexibility index (Phi) is 4.23. The molecule has 0 radical (unpaired) electrons. The largest absolute Gasteiger partial charge is 0.391 e. The number of rotatable bonds is 4. The SMILES string of the molecule is Cc1cc(-c2cc(S(=O)(=O)N[C@@H]3c4ccccc4C[C@H]3O)c(C)s2)n[nH]1. The van der Waals surface area contributed by atoms with Crippen LogP contribution < -0.4 is 4.72 Å². The number of aliphatic hydroxyl groups excluding tert-OH is 1. The summed E-state index contributed by atoms with van der Waals surface area (Å²) in [5, 5.41) is 17.4. The molecule has 0 bridgehead atoms. The maximum atomic E-state index is 13.0. The first-order valence-electron chi connectivity index (χ1n) is 8.26. The van der Waals surface area contributed by atoms with Crippen LogP contribution in [-0.4, -0.2) is 29.8 Å². The molecule has 3 N–H and O–H groups in total. The number of thiophene rings is 1. The quantitative estimate of drug-likeness (QED) is 0.639. The van der Waals surface area contributed by atoms with Gasteiger partial charge in [-0.25, -0.2) is 13.1 Å². The van der Waals surface area contributed by atoms with E-state index in [0.717, 1.165) is 27.4 Å². The highest BCUT2D eigenvalue weighted by Crippen LogP contribution is 2.36. The average molecular weight is 390 g/mol. The molecule has 2 atom stereocenters. The molecule has 26 heavy (non-hydrogen) atoms. The molecule has 6 nitrogen and oxygen atoms in total. The summed E-state index contributed by atoms with van der Waals surface area (Å²) in [5.74, 6) is 0. The fourth-order valence-electron chi connectivity index (χ4n) is 3.35. The lowest BCUT2D eigenvalue weighted by Gasteiger charge is -2.18. The number of hydrogen-bond donors (Lipinski definition) is 3. The van der Waals surface area contributed by atoms with Crippen molar-refractivity contribution in [1.29, 1.82) is 0 Å². The van der Waals surface area contributed by atoms with Crippen molar-refractivity contribution in [3.8, 4) is 10.6 Å². The predicted octanol–water partition coefficient (Wildman–Crippen LogP) is 2.69. The molecular formula is C18H19N3O3S2. The van der Waals surface area contributed by atoms with Crippen LogP contribution >= 0.6 is 11.3 Å². The minimum atomic E-state index is -3.77. The van der Waals surface area contributed by atoms with Crippen LogP contribution in [0.1, 0.15) is 27.7 Å². The molecule has 0 aliphatic heterocycles. The summed E-state index contributed by atoms with van der Waals surface area (Å²) >= 11 is 1.39. The van der Waals surface area contributed by atoms with Crippen molar-refractivity contribution >= 4 is 21.4 Å². The molecule has 0 saturated carbocycles. The highest BCUT2D eigenvalue weighted by molar-refractivity contribution is 7.89. The molecule has 3 aromatic rings. The fourth-order valence-corrected chi connectivity index (χ4v) is 6.15. The van der Waals surface area contributed by atoms with Gasteiger partial charge < -0.3 is 5.11 Å². The molecule has 8 heteroatoms. The molecule has 0 fully saturated rings. The number of fused-ring (bicyclic) bond motifs is 1. The summed E-state index contributed by atoms with van der Waals surface area (Å²) in [5.41, 5.74) is 3.45. The third-order valence-electron chi connectivity index (χ3n) is 4.61. The second-order valence-corrected chi connectivity index (χ2v) is 9.48. The summed E-state index contributed by atoms with van der Waals surface area (Å²) in [6, 6.07) is 10.4. The van der Waals surface area contributed by atoms with Crippen LogP contribution in [0.5, 0.6) is 0 Å². The zero-order chi connectivity index (χ0) is 18.5. The van der Waals surface area contributed by atoms with Gasteiger partial charge in [0.05, 0.1) is 21.9 Å². The minimum absolute atomic E-state index is 0.231. The maximum absolute atomic E-state index is 13.0. The van der Waals surface area contributed by atoms with Gasteiger partial charge in [0.15, 0.2) is 0 Å². The highest BCUT2D eigenvalue weighted by atomic mass is 32.2. The molecule has 4 rings (SSSR count). The van der Waals surface area contributed by atoms with Crippen molar-refractivity contribution in [2.24, 2.45) is 0 Å². The number of benzene rings is 1. The Balaban J connectivity index is 1.67. The van der Waals surface area contributed by atoms with Gasteiger partial charge in [0, 0.05) is 17.0 Å². The van der Waals surface area contributed by atoms with Crippen molar-refractivity contribution in [3.05, 3.63) is 58.1 Å². The van der Waals surface area contributed by atoms with Gasteiger partial charge in [-0.1, -0.05) is 24.3 Å². The van der Waals surface area contributed by atoms with Gasteiger partial charge in [-0.2, -0.15) is 5.10 Å². The first-order valence-corrected chi connectivity index (χ1v) is 10.6. The molecule has 0 saturated heterocycles. The minimum Gasteiger partial charge on any atom is -0.391 e. The monoisotopic (exact) mass is 389 g/mol. The molecule has 1 aromatic carbocycles. The maximum Gasteiger partial charge on any atom is 0.242 e. The number of nitrogens with one attached hydrogen (secondary N) is 2. The van der Waals surface area contributed by atoms with Gasteiger partial charge in [0.2, 0.25) is 10.0 Å². The Morgan fingerprint density at radius 3 is 2.77 bits per heavy atom. The van der Waals surface area contributed by atoms with E-state index in [2.05, 4.69) is 14.9 Å². The number of aromatic amines is 1. The number of sulfonamides is 1. The highest BCUT2D eigenvalue weighted by Gasteiger charge is 2.35. The van der Waals surface area contributed by atoms with Crippen LogP contribution in [0.25, 0.3) is 10.6 Å². The molecular weight excluding hydrogens is 370 g/mol. The van der Waals surface area contributed by atoms with Crippen molar-refractivity contribution in [2.75, 3.05) is 0 Å². The third kappa shape index (κ3) is 2.99. The second-order valence-electron chi connectivity index (χ2n) is 6.54. The van der Waals surface area contributed by atoms with Crippen molar-refractivity contribution in [3.63, 3.8) is 0 Å². The van der Waals surface area contributed by atoms with Gasteiger partial charge in [0.25, 0.3) is 0 Å². The van der Waals surface area contributed by atoms with Crippen LogP contribution in [0, 0.1) is 13.8 Å². The molecule has 1 aliphatic rings. The topological polar surface area (TPSA) is 95.1 Å². The van der Waals surface area contributed by atoms with Crippen LogP contribution in [0.3, 0.4) is 0 Å². The third-order valence-corrected chi connectivity index (χ3v) is 7.38. The van der Waals surface area contributed by atoms with E-state index in [9.17, 15) is 13.5 Å². The van der Waals surface area contributed by atoms with Crippen LogP contribution in [0.15, 0.2) is 41.3 Å². The lowest BCUT2D eigenvalue weighted by Crippen LogP contribution is -2.34. The number of aliphatic hydroxyl groups is 1. The molecule has 2 heterocycles. The molecule has 1 aliphatic carbocycles. The van der Waals surface area contributed by atoms with E-state index in [-0.39, 0.29) is 4.90 Å². The Morgan fingerprint density at radius 1 is 1.27 bits per heavy atom. The zero-order valence-corrected chi connectivity index (χ0v) is 16.0. The normalized spacial score (nSPS) is 19.7. The summed E-state index contributed by atoms with van der Waals surface area (Å²) < 4.78 is 28.6. The first kappa shape index (κ1) is 17.4. The first-order chi connectivity index (χ1) is 12.3. The summed E-state index contributed by atoms with van der Waals surface area (Å²) in [6.45, 7) is 3.68. The van der Waals surface area contributed by atoms with E-state index in [1.165, 1.54) is 11.3 Å². The Bertz CT molecular complexity index is 1070. The molecule has 0 spiro atoms. The van der Waals surface area contributed by atoms with Gasteiger partial charge in [0.1, 0.15) is 5.69 Å². The van der Waals surface area contributed by atoms with Gasteiger partial charge in [-0.05, 0) is 37.1 Å². The van der Waals surface area contributed by atoms with Crippen molar-refractivity contribution in [2.45, 2.75) is 37.3 Å². The lowest BCUT2D eigenvalue weighted by atomic mass is 10.1. The van der Waals surface area contributed by atoms with Gasteiger partial charge >= 0.3 is 0 Å². The van der Waals surface area contributed by atoms with Gasteiger partial charge in [-0.3, -0.25) is 5.10 Å². The van der Waals surface area contributed by atoms with Crippen LogP contribution in [-0.2, 0) is 16.4 Å². The van der Waals surface area contributed by atoms with Crippen LogP contribution in [0.2, 0.25) is 0 Å². The average Bonchev–Trinajstić information content (AvgIpc) is 3.26.